The minimum absolute atomic E-state index is 0.108. The van der Waals surface area contributed by atoms with Crippen molar-refractivity contribution in [3.63, 3.8) is 0 Å². The van der Waals surface area contributed by atoms with Crippen molar-refractivity contribution in [2.24, 2.45) is 0 Å². The summed E-state index contributed by atoms with van der Waals surface area (Å²) in [6.45, 7) is 4.07. The Bertz CT molecular complexity index is 1230. The minimum Gasteiger partial charge on any atom is -0.461 e. The Labute approximate surface area is 173 Å². The summed E-state index contributed by atoms with van der Waals surface area (Å²) >= 11 is 0. The van der Waals surface area contributed by atoms with Gasteiger partial charge in [-0.1, -0.05) is 30.3 Å². The van der Waals surface area contributed by atoms with E-state index in [4.69, 9.17) is 4.42 Å². The van der Waals surface area contributed by atoms with Gasteiger partial charge in [0.2, 0.25) is 0 Å². The molecule has 30 heavy (non-hydrogen) atoms. The number of H-pyrrole nitrogens is 1. The van der Waals surface area contributed by atoms with E-state index in [1.54, 1.807) is 18.4 Å². The molecule has 1 aliphatic rings. The van der Waals surface area contributed by atoms with Crippen LogP contribution in [0.5, 0.6) is 0 Å². The Kier molecular flexibility index (Phi) is 4.72. The molecule has 0 unspecified atom stereocenters. The number of rotatable bonds is 4. The van der Waals surface area contributed by atoms with E-state index in [9.17, 15) is 4.79 Å². The molecule has 0 aliphatic carbocycles. The molecule has 0 atom stereocenters. The number of benzene rings is 1. The van der Waals surface area contributed by atoms with Gasteiger partial charge in [-0.15, -0.1) is 0 Å². The summed E-state index contributed by atoms with van der Waals surface area (Å²) in [4.78, 5) is 31.6. The monoisotopic (exact) mass is 399 g/mol. The van der Waals surface area contributed by atoms with E-state index in [-0.39, 0.29) is 5.56 Å². The first-order chi connectivity index (χ1) is 14.7. The van der Waals surface area contributed by atoms with E-state index in [0.29, 0.717) is 24.7 Å². The Morgan fingerprint density at radius 3 is 2.77 bits per heavy atom. The van der Waals surface area contributed by atoms with E-state index in [1.807, 2.05) is 43.5 Å². The van der Waals surface area contributed by atoms with Crippen LogP contribution in [0.1, 0.15) is 22.5 Å². The number of furan rings is 1. The molecule has 7 nitrogen and oxygen atoms in total. The van der Waals surface area contributed by atoms with E-state index < -0.39 is 0 Å². The number of aromatic nitrogens is 4. The highest BCUT2D eigenvalue weighted by Crippen LogP contribution is 2.21. The summed E-state index contributed by atoms with van der Waals surface area (Å²) < 4.78 is 5.36. The summed E-state index contributed by atoms with van der Waals surface area (Å²) in [7, 11) is 0. The fourth-order valence-electron chi connectivity index (χ4n) is 3.76. The maximum Gasteiger partial charge on any atom is 0.256 e. The molecule has 1 aliphatic heterocycles. The van der Waals surface area contributed by atoms with Gasteiger partial charge in [-0.25, -0.2) is 15.0 Å². The first kappa shape index (κ1) is 18.4. The van der Waals surface area contributed by atoms with Crippen molar-refractivity contribution in [1.82, 2.24) is 24.8 Å². The molecule has 1 aromatic carbocycles. The first-order valence-electron chi connectivity index (χ1n) is 9.93. The first-order valence-corrected chi connectivity index (χ1v) is 9.93. The number of nitrogens with one attached hydrogen (secondary N) is 1. The van der Waals surface area contributed by atoms with Gasteiger partial charge in [0, 0.05) is 49.1 Å². The summed E-state index contributed by atoms with van der Waals surface area (Å²) in [5.41, 5.74) is 4.47. The van der Waals surface area contributed by atoms with E-state index in [1.165, 1.54) is 0 Å². The molecule has 150 valence electrons. The average molecular weight is 399 g/mol. The normalized spacial score (nSPS) is 13.9. The van der Waals surface area contributed by atoms with Gasteiger partial charge in [0.1, 0.15) is 0 Å². The summed E-state index contributed by atoms with van der Waals surface area (Å²) in [5, 5.41) is 0. The average Bonchev–Trinajstić information content (AvgIpc) is 3.31. The predicted molar refractivity (Wildman–Crippen MR) is 113 cm³/mol. The van der Waals surface area contributed by atoms with Crippen molar-refractivity contribution in [2.45, 2.75) is 26.4 Å². The lowest BCUT2D eigenvalue weighted by Gasteiger charge is -2.27. The molecule has 7 heteroatoms. The zero-order chi connectivity index (χ0) is 20.5. The maximum absolute atomic E-state index is 12.7. The SMILES string of the molecule is Cc1nc(-c2ccccc2)ncc1CN1CCc2nc(-c3ccco3)[nH]c(=O)c2C1. The number of nitrogens with zero attached hydrogens (tertiary/aromatic N) is 4. The standard InChI is InChI=1S/C23H21N5O2/c1-15-17(12-24-21(25-15)16-6-3-2-4-7-16)13-28-10-9-19-18(14-28)23(29)27-22(26-19)20-8-5-11-30-20/h2-8,11-12H,9-10,13-14H2,1H3,(H,26,27,29). The quantitative estimate of drug-likeness (QED) is 0.566. The number of fused-ring (bicyclic) bond motifs is 1. The van der Waals surface area contributed by atoms with Crippen LogP contribution in [-0.2, 0) is 19.5 Å². The molecule has 0 saturated heterocycles. The van der Waals surface area contributed by atoms with Crippen LogP contribution in [-0.4, -0.2) is 31.4 Å². The summed E-state index contributed by atoms with van der Waals surface area (Å²) in [6.07, 6.45) is 4.18. The second-order valence-electron chi connectivity index (χ2n) is 7.45. The van der Waals surface area contributed by atoms with E-state index in [2.05, 4.69) is 24.8 Å². The maximum atomic E-state index is 12.7. The van der Waals surface area contributed by atoms with Gasteiger partial charge < -0.3 is 9.40 Å². The molecule has 1 N–H and O–H groups in total. The molecule has 0 bridgehead atoms. The van der Waals surface area contributed by atoms with E-state index in [0.717, 1.165) is 46.9 Å². The van der Waals surface area contributed by atoms with Crippen LogP contribution in [0.15, 0.2) is 64.1 Å². The van der Waals surface area contributed by atoms with Gasteiger partial charge in [0.05, 0.1) is 17.5 Å². The zero-order valence-electron chi connectivity index (χ0n) is 16.6. The fraction of sp³-hybridized carbons (Fsp3) is 0.217. The van der Waals surface area contributed by atoms with Gasteiger partial charge in [-0.05, 0) is 19.1 Å². The molecule has 5 rings (SSSR count). The van der Waals surface area contributed by atoms with Crippen molar-refractivity contribution < 1.29 is 4.42 Å². The topological polar surface area (TPSA) is 87.9 Å². The lowest BCUT2D eigenvalue weighted by atomic mass is 10.1. The van der Waals surface area contributed by atoms with Crippen molar-refractivity contribution >= 4 is 0 Å². The highest BCUT2D eigenvalue weighted by atomic mass is 16.3. The summed E-state index contributed by atoms with van der Waals surface area (Å²) in [5.74, 6) is 1.79. The van der Waals surface area contributed by atoms with Gasteiger partial charge >= 0.3 is 0 Å². The molecular formula is C23H21N5O2. The van der Waals surface area contributed by atoms with Crippen molar-refractivity contribution in [2.75, 3.05) is 6.54 Å². The number of aryl methyl sites for hydroxylation is 1. The molecule has 0 saturated carbocycles. The lowest BCUT2D eigenvalue weighted by molar-refractivity contribution is 0.240. The molecule has 0 radical (unpaired) electrons. The van der Waals surface area contributed by atoms with Crippen LogP contribution in [0.2, 0.25) is 0 Å². The molecule has 4 aromatic rings. The van der Waals surface area contributed by atoms with Crippen molar-refractivity contribution in [1.29, 1.82) is 0 Å². The third-order valence-electron chi connectivity index (χ3n) is 5.41. The second kappa shape index (κ2) is 7.68. The highest BCUT2D eigenvalue weighted by Gasteiger charge is 2.22. The Morgan fingerprint density at radius 2 is 2.00 bits per heavy atom. The molecule has 4 heterocycles. The van der Waals surface area contributed by atoms with Crippen LogP contribution in [0.25, 0.3) is 23.0 Å². The van der Waals surface area contributed by atoms with Gasteiger partial charge in [-0.3, -0.25) is 9.69 Å². The van der Waals surface area contributed by atoms with Gasteiger partial charge in [0.15, 0.2) is 17.4 Å². The molecule has 0 fully saturated rings. The van der Waals surface area contributed by atoms with Crippen molar-refractivity contribution in [3.8, 4) is 23.0 Å². The van der Waals surface area contributed by atoms with Crippen LogP contribution in [0, 0.1) is 6.92 Å². The fourth-order valence-corrected chi connectivity index (χ4v) is 3.76. The number of hydrogen-bond donors (Lipinski definition) is 1. The van der Waals surface area contributed by atoms with Crippen LogP contribution in [0.4, 0.5) is 0 Å². The lowest BCUT2D eigenvalue weighted by Crippen LogP contribution is -2.35. The number of hydrogen-bond acceptors (Lipinski definition) is 6. The highest BCUT2D eigenvalue weighted by molar-refractivity contribution is 5.54. The predicted octanol–water partition coefficient (Wildman–Crippen LogP) is 3.35. The van der Waals surface area contributed by atoms with Crippen LogP contribution < -0.4 is 5.56 Å². The minimum atomic E-state index is -0.108. The Morgan fingerprint density at radius 1 is 1.13 bits per heavy atom. The van der Waals surface area contributed by atoms with Crippen LogP contribution >= 0.6 is 0 Å². The summed E-state index contributed by atoms with van der Waals surface area (Å²) in [6, 6.07) is 13.5. The second-order valence-corrected chi connectivity index (χ2v) is 7.45. The Balaban J connectivity index is 1.35. The van der Waals surface area contributed by atoms with Crippen LogP contribution in [0.3, 0.4) is 0 Å². The third kappa shape index (κ3) is 3.55. The van der Waals surface area contributed by atoms with E-state index >= 15 is 0 Å². The van der Waals surface area contributed by atoms with Gasteiger partial charge in [-0.2, -0.15) is 0 Å². The molecular weight excluding hydrogens is 378 g/mol. The smallest absolute Gasteiger partial charge is 0.256 e. The Hall–Kier alpha value is -3.58. The zero-order valence-corrected chi connectivity index (χ0v) is 16.6. The molecule has 3 aromatic heterocycles. The largest absolute Gasteiger partial charge is 0.461 e. The number of aromatic amines is 1. The van der Waals surface area contributed by atoms with Crippen molar-refractivity contribution in [3.05, 3.63) is 87.8 Å². The third-order valence-corrected chi connectivity index (χ3v) is 5.41. The molecule has 0 amide bonds. The van der Waals surface area contributed by atoms with Gasteiger partial charge in [0.25, 0.3) is 5.56 Å². The molecule has 0 spiro atoms.